The summed E-state index contributed by atoms with van der Waals surface area (Å²) in [5.41, 5.74) is 1.13. The van der Waals surface area contributed by atoms with Crippen LogP contribution in [0.15, 0.2) is 62.7 Å². The van der Waals surface area contributed by atoms with E-state index >= 15 is 0 Å². The lowest BCUT2D eigenvalue weighted by Crippen LogP contribution is -2.09. The first-order valence-corrected chi connectivity index (χ1v) is 9.76. The van der Waals surface area contributed by atoms with Crippen molar-refractivity contribution in [2.45, 2.75) is 25.2 Å². The second-order valence-corrected chi connectivity index (χ2v) is 6.97. The molecule has 3 heterocycles. The number of aryl methyl sites for hydroxylation is 1. The third-order valence-corrected chi connectivity index (χ3v) is 4.90. The van der Waals surface area contributed by atoms with Crippen LogP contribution in [0.25, 0.3) is 11.7 Å². The van der Waals surface area contributed by atoms with Gasteiger partial charge in [0.25, 0.3) is 11.8 Å². The highest BCUT2D eigenvalue weighted by Gasteiger charge is 2.15. The highest BCUT2D eigenvalue weighted by molar-refractivity contribution is 7.99. The summed E-state index contributed by atoms with van der Waals surface area (Å²) in [5, 5.41) is 16.6. The number of ether oxygens (including phenoxy) is 1. The second kappa shape index (κ2) is 8.74. The quantitative estimate of drug-likeness (QED) is 0.319. The van der Waals surface area contributed by atoms with Crippen LogP contribution < -0.4 is 0 Å². The summed E-state index contributed by atoms with van der Waals surface area (Å²) in [7, 11) is 0. The molecule has 4 rings (SSSR count). The Labute approximate surface area is 170 Å². The van der Waals surface area contributed by atoms with E-state index in [9.17, 15) is 4.79 Å². The molecule has 1 aromatic carbocycles. The number of carbonyl (C=O) groups is 1. The van der Waals surface area contributed by atoms with Gasteiger partial charge < -0.3 is 18.1 Å². The van der Waals surface area contributed by atoms with Crippen LogP contribution in [0.5, 0.6) is 0 Å². The zero-order valence-electron chi connectivity index (χ0n) is 15.5. The minimum atomic E-state index is -0.417. The Hall–Kier alpha value is -3.40. The fourth-order valence-electron chi connectivity index (χ4n) is 2.54. The van der Waals surface area contributed by atoms with Crippen molar-refractivity contribution in [2.75, 3.05) is 5.75 Å². The van der Waals surface area contributed by atoms with Crippen molar-refractivity contribution in [3.05, 3.63) is 66.0 Å². The molecular weight excluding hydrogens is 394 g/mol. The molecule has 3 aromatic heterocycles. The third kappa shape index (κ3) is 4.72. The summed E-state index contributed by atoms with van der Waals surface area (Å²) in [5.74, 6) is 1.34. The van der Waals surface area contributed by atoms with E-state index in [4.69, 9.17) is 13.6 Å². The molecule has 0 aliphatic rings. The maximum absolute atomic E-state index is 12.1. The van der Waals surface area contributed by atoms with Gasteiger partial charge >= 0.3 is 5.97 Å². The van der Waals surface area contributed by atoms with E-state index in [1.807, 2.05) is 41.8 Å². The molecule has 0 saturated heterocycles. The number of carbonyl (C=O) groups excluding carboxylic acids is 1. The lowest BCUT2D eigenvalue weighted by molar-refractivity contribution is -0.142. The van der Waals surface area contributed by atoms with Crippen molar-refractivity contribution in [3.63, 3.8) is 0 Å². The molecule has 0 N–H and O–H groups in total. The minimum Gasteiger partial charge on any atom is -0.459 e. The van der Waals surface area contributed by atoms with Crippen LogP contribution >= 0.6 is 11.8 Å². The highest BCUT2D eigenvalue weighted by Crippen LogP contribution is 2.20. The maximum Gasteiger partial charge on any atom is 0.316 e. The van der Waals surface area contributed by atoms with Gasteiger partial charge in [0.05, 0.1) is 18.6 Å². The predicted molar refractivity (Wildman–Crippen MR) is 103 cm³/mol. The Morgan fingerprint density at radius 1 is 1.10 bits per heavy atom. The molecule has 0 atom stereocenters. The Morgan fingerprint density at radius 3 is 2.76 bits per heavy atom. The fourth-order valence-corrected chi connectivity index (χ4v) is 3.32. The summed E-state index contributed by atoms with van der Waals surface area (Å²) >= 11 is 1.27. The Bertz CT molecular complexity index is 1080. The molecule has 29 heavy (non-hydrogen) atoms. The molecule has 10 heteroatoms. The van der Waals surface area contributed by atoms with Gasteiger partial charge in [-0.15, -0.1) is 20.4 Å². The standard InChI is InChI=1S/C19H17N5O4S/c1-13-20-23-19(24(13)10-14-6-3-2-4-7-14)29-12-17(25)27-11-16-21-22-18(28-16)15-8-5-9-26-15/h2-9H,10-12H2,1H3. The molecule has 0 fully saturated rings. The second-order valence-electron chi connectivity index (χ2n) is 6.03. The molecule has 0 radical (unpaired) electrons. The number of hydrogen-bond donors (Lipinski definition) is 0. The zero-order chi connectivity index (χ0) is 20.1. The van der Waals surface area contributed by atoms with Crippen LogP contribution in [0.3, 0.4) is 0 Å². The monoisotopic (exact) mass is 411 g/mol. The van der Waals surface area contributed by atoms with Crippen LogP contribution in [0.2, 0.25) is 0 Å². The van der Waals surface area contributed by atoms with E-state index < -0.39 is 5.97 Å². The van der Waals surface area contributed by atoms with Crippen LogP contribution in [0.1, 0.15) is 17.3 Å². The van der Waals surface area contributed by atoms with Gasteiger partial charge in [-0.25, -0.2) is 0 Å². The van der Waals surface area contributed by atoms with Crippen LogP contribution in [-0.2, 0) is 22.7 Å². The molecule has 9 nitrogen and oxygen atoms in total. The Morgan fingerprint density at radius 2 is 1.97 bits per heavy atom. The van der Waals surface area contributed by atoms with Gasteiger partial charge in [-0.3, -0.25) is 4.79 Å². The van der Waals surface area contributed by atoms with Crippen molar-refractivity contribution in [1.82, 2.24) is 25.0 Å². The van der Waals surface area contributed by atoms with Crippen molar-refractivity contribution in [1.29, 1.82) is 0 Å². The molecule has 0 spiro atoms. The SMILES string of the molecule is Cc1nnc(SCC(=O)OCc2nnc(-c3ccco3)o2)n1Cc1ccccc1. The zero-order valence-corrected chi connectivity index (χ0v) is 16.3. The topological polar surface area (TPSA) is 109 Å². The summed E-state index contributed by atoms with van der Waals surface area (Å²) < 4.78 is 17.7. The van der Waals surface area contributed by atoms with Gasteiger partial charge in [-0.1, -0.05) is 42.1 Å². The Balaban J connectivity index is 1.30. The van der Waals surface area contributed by atoms with Crippen LogP contribution in [0, 0.1) is 6.92 Å². The van der Waals surface area contributed by atoms with E-state index in [0.717, 1.165) is 11.4 Å². The lowest BCUT2D eigenvalue weighted by Gasteiger charge is -2.08. The number of aromatic nitrogens is 5. The summed E-state index contributed by atoms with van der Waals surface area (Å²) in [4.78, 5) is 12.1. The molecule has 0 aliphatic carbocycles. The third-order valence-electron chi connectivity index (χ3n) is 3.96. The van der Waals surface area contributed by atoms with Crippen molar-refractivity contribution in [3.8, 4) is 11.7 Å². The van der Waals surface area contributed by atoms with E-state index in [1.54, 1.807) is 12.1 Å². The number of hydrogen-bond acceptors (Lipinski definition) is 9. The molecule has 148 valence electrons. The maximum atomic E-state index is 12.1. The first kappa shape index (κ1) is 18.9. The van der Waals surface area contributed by atoms with Gasteiger partial charge in [0.15, 0.2) is 17.5 Å². The number of furan rings is 1. The first-order valence-electron chi connectivity index (χ1n) is 8.77. The largest absolute Gasteiger partial charge is 0.459 e. The van der Waals surface area contributed by atoms with E-state index in [1.165, 1.54) is 18.0 Å². The van der Waals surface area contributed by atoms with Crippen LogP contribution in [-0.4, -0.2) is 36.7 Å². The van der Waals surface area contributed by atoms with Crippen molar-refractivity contribution in [2.24, 2.45) is 0 Å². The number of rotatable bonds is 8. The lowest BCUT2D eigenvalue weighted by atomic mass is 10.2. The fraction of sp³-hybridized carbons (Fsp3) is 0.211. The first-order chi connectivity index (χ1) is 14.2. The molecule has 0 bridgehead atoms. The van der Waals surface area contributed by atoms with E-state index in [0.29, 0.717) is 17.5 Å². The molecule has 0 amide bonds. The summed E-state index contributed by atoms with van der Waals surface area (Å²) in [6.45, 7) is 2.40. The minimum absolute atomic E-state index is 0.0894. The summed E-state index contributed by atoms with van der Waals surface area (Å²) in [6, 6.07) is 13.4. The molecule has 0 unspecified atom stereocenters. The normalized spacial score (nSPS) is 10.9. The smallest absolute Gasteiger partial charge is 0.316 e. The number of nitrogens with zero attached hydrogens (tertiary/aromatic N) is 5. The van der Waals surface area contributed by atoms with E-state index in [-0.39, 0.29) is 24.1 Å². The van der Waals surface area contributed by atoms with Crippen LogP contribution in [0.4, 0.5) is 0 Å². The number of benzene rings is 1. The predicted octanol–water partition coefficient (Wildman–Crippen LogP) is 3.11. The van der Waals surface area contributed by atoms with E-state index in [2.05, 4.69) is 20.4 Å². The van der Waals surface area contributed by atoms with Gasteiger partial charge in [0.2, 0.25) is 0 Å². The van der Waals surface area contributed by atoms with Gasteiger partial charge in [0, 0.05) is 0 Å². The van der Waals surface area contributed by atoms with Crippen molar-refractivity contribution < 1.29 is 18.4 Å². The van der Waals surface area contributed by atoms with Gasteiger partial charge in [-0.05, 0) is 24.6 Å². The van der Waals surface area contributed by atoms with Gasteiger partial charge in [0.1, 0.15) is 5.82 Å². The summed E-state index contributed by atoms with van der Waals surface area (Å²) in [6.07, 6.45) is 1.51. The van der Waals surface area contributed by atoms with Gasteiger partial charge in [-0.2, -0.15) is 0 Å². The number of esters is 1. The highest BCUT2D eigenvalue weighted by atomic mass is 32.2. The average molecular weight is 411 g/mol. The molecular formula is C19H17N5O4S. The molecule has 0 aliphatic heterocycles. The van der Waals surface area contributed by atoms with Crippen molar-refractivity contribution >= 4 is 17.7 Å². The number of thioether (sulfide) groups is 1. The molecule has 0 saturated carbocycles. The Kier molecular flexibility index (Phi) is 5.71. The average Bonchev–Trinajstić information content (AvgIpc) is 3.48. The molecule has 4 aromatic rings.